The molecule has 13 heavy (non-hydrogen) atoms. The molecule has 0 atom stereocenters. The Morgan fingerprint density at radius 2 is 2.00 bits per heavy atom. The molecular weight excluding hydrogens is 166 g/mol. The Morgan fingerprint density at radius 1 is 1.31 bits per heavy atom. The van der Waals surface area contributed by atoms with Crippen molar-refractivity contribution >= 4 is 17.6 Å². The zero-order valence-corrected chi connectivity index (χ0v) is 7.76. The van der Waals surface area contributed by atoms with Crippen molar-refractivity contribution in [1.82, 2.24) is 9.97 Å². The van der Waals surface area contributed by atoms with Gasteiger partial charge in [-0.15, -0.1) is 0 Å². The molecule has 1 aromatic rings. The fourth-order valence-electron chi connectivity index (χ4n) is 1.68. The molecule has 5 heteroatoms. The zero-order chi connectivity index (χ0) is 9.64. The standard InChI is InChI=1S/C8H13N5/c1-8(2)3-11-6-4(8)5(9)12-7(10)13-6/h3H2,1-2H3,(H5,9,10,11,12,13). The van der Waals surface area contributed by atoms with Gasteiger partial charge in [0.05, 0.1) is 0 Å². The molecule has 0 fully saturated rings. The topological polar surface area (TPSA) is 89.8 Å². The van der Waals surface area contributed by atoms with E-state index in [0.29, 0.717) is 5.82 Å². The first-order chi connectivity index (χ1) is 6.00. The third kappa shape index (κ3) is 1.07. The molecule has 2 rings (SSSR count). The fourth-order valence-corrected chi connectivity index (χ4v) is 1.68. The van der Waals surface area contributed by atoms with E-state index in [-0.39, 0.29) is 11.4 Å². The van der Waals surface area contributed by atoms with Gasteiger partial charge in [-0.3, -0.25) is 0 Å². The van der Waals surface area contributed by atoms with Crippen molar-refractivity contribution in [2.75, 3.05) is 23.3 Å². The van der Waals surface area contributed by atoms with E-state index in [0.717, 1.165) is 17.9 Å². The smallest absolute Gasteiger partial charge is 0.223 e. The van der Waals surface area contributed by atoms with Crippen molar-refractivity contribution in [3.8, 4) is 0 Å². The van der Waals surface area contributed by atoms with Crippen LogP contribution >= 0.6 is 0 Å². The van der Waals surface area contributed by atoms with Crippen molar-refractivity contribution in [2.45, 2.75) is 19.3 Å². The van der Waals surface area contributed by atoms with Crippen LogP contribution in [0.3, 0.4) is 0 Å². The lowest BCUT2D eigenvalue weighted by Crippen LogP contribution is -2.20. The molecule has 1 aliphatic heterocycles. The Balaban J connectivity index is 2.65. The molecule has 5 N–H and O–H groups in total. The van der Waals surface area contributed by atoms with Crippen LogP contribution in [-0.2, 0) is 5.41 Å². The van der Waals surface area contributed by atoms with E-state index in [4.69, 9.17) is 11.5 Å². The molecule has 0 saturated heterocycles. The van der Waals surface area contributed by atoms with Crippen molar-refractivity contribution in [3.05, 3.63) is 5.56 Å². The summed E-state index contributed by atoms with van der Waals surface area (Å²) < 4.78 is 0. The van der Waals surface area contributed by atoms with Crippen molar-refractivity contribution in [2.24, 2.45) is 0 Å². The Labute approximate surface area is 76.6 Å². The fraction of sp³-hybridized carbons (Fsp3) is 0.500. The summed E-state index contributed by atoms with van der Waals surface area (Å²) in [5, 5.41) is 3.16. The van der Waals surface area contributed by atoms with E-state index >= 15 is 0 Å². The Kier molecular flexibility index (Phi) is 1.40. The van der Waals surface area contributed by atoms with Crippen LogP contribution in [0.4, 0.5) is 17.6 Å². The second-order valence-electron chi connectivity index (χ2n) is 3.93. The van der Waals surface area contributed by atoms with Crippen LogP contribution in [0.5, 0.6) is 0 Å². The Hall–Kier alpha value is -1.52. The summed E-state index contributed by atoms with van der Waals surface area (Å²) in [7, 11) is 0. The van der Waals surface area contributed by atoms with Crippen LogP contribution in [-0.4, -0.2) is 16.5 Å². The monoisotopic (exact) mass is 179 g/mol. The van der Waals surface area contributed by atoms with E-state index in [1.54, 1.807) is 0 Å². The minimum absolute atomic E-state index is 0.00683. The molecule has 5 nitrogen and oxygen atoms in total. The molecule has 70 valence electrons. The third-order valence-corrected chi connectivity index (χ3v) is 2.33. The number of hydrogen-bond acceptors (Lipinski definition) is 5. The van der Waals surface area contributed by atoms with E-state index in [9.17, 15) is 0 Å². The number of rotatable bonds is 0. The van der Waals surface area contributed by atoms with Gasteiger partial charge in [-0.05, 0) is 0 Å². The van der Waals surface area contributed by atoms with Gasteiger partial charge in [0.15, 0.2) is 0 Å². The summed E-state index contributed by atoms with van der Waals surface area (Å²) in [4.78, 5) is 8.03. The SMILES string of the molecule is CC1(C)CNc2nc(N)nc(N)c21. The summed E-state index contributed by atoms with van der Waals surface area (Å²) in [6, 6.07) is 0. The number of anilines is 3. The number of nitrogens with one attached hydrogen (secondary N) is 1. The molecule has 0 amide bonds. The lowest BCUT2D eigenvalue weighted by molar-refractivity contribution is 0.586. The number of nitrogens with two attached hydrogens (primary N) is 2. The molecule has 0 radical (unpaired) electrons. The summed E-state index contributed by atoms with van der Waals surface area (Å²) in [5.74, 6) is 1.48. The van der Waals surface area contributed by atoms with Gasteiger partial charge >= 0.3 is 0 Å². The summed E-state index contributed by atoms with van der Waals surface area (Å²) in [6.45, 7) is 5.02. The van der Waals surface area contributed by atoms with Gasteiger partial charge in [0.25, 0.3) is 0 Å². The van der Waals surface area contributed by atoms with Gasteiger partial charge in [-0.2, -0.15) is 9.97 Å². The first-order valence-corrected chi connectivity index (χ1v) is 4.18. The van der Waals surface area contributed by atoms with Crippen LogP contribution in [0, 0.1) is 0 Å². The van der Waals surface area contributed by atoms with Gasteiger partial charge in [0.2, 0.25) is 5.95 Å². The third-order valence-electron chi connectivity index (χ3n) is 2.33. The van der Waals surface area contributed by atoms with Crippen LogP contribution in [0.1, 0.15) is 19.4 Å². The van der Waals surface area contributed by atoms with E-state index in [1.165, 1.54) is 0 Å². The van der Waals surface area contributed by atoms with E-state index in [1.807, 2.05) is 0 Å². The lowest BCUT2D eigenvalue weighted by atomic mass is 9.88. The first kappa shape index (κ1) is 8.10. The molecule has 1 aromatic heterocycles. The van der Waals surface area contributed by atoms with Gasteiger partial charge in [-0.1, -0.05) is 13.8 Å². The molecule has 2 heterocycles. The second kappa shape index (κ2) is 2.25. The van der Waals surface area contributed by atoms with Crippen molar-refractivity contribution < 1.29 is 0 Å². The molecule has 0 aromatic carbocycles. The number of aromatic nitrogens is 2. The van der Waals surface area contributed by atoms with E-state index < -0.39 is 0 Å². The maximum Gasteiger partial charge on any atom is 0.223 e. The average Bonchev–Trinajstić information content (AvgIpc) is 2.26. The van der Waals surface area contributed by atoms with Crippen molar-refractivity contribution in [1.29, 1.82) is 0 Å². The predicted octanol–water partition coefficient (Wildman–Crippen LogP) is 0.344. The summed E-state index contributed by atoms with van der Waals surface area (Å²) >= 11 is 0. The maximum atomic E-state index is 5.78. The number of hydrogen-bond donors (Lipinski definition) is 3. The molecule has 1 aliphatic rings. The first-order valence-electron chi connectivity index (χ1n) is 4.18. The molecular formula is C8H13N5. The predicted molar refractivity (Wildman–Crippen MR) is 52.4 cm³/mol. The highest BCUT2D eigenvalue weighted by molar-refractivity contribution is 5.65. The molecule has 0 saturated carbocycles. The zero-order valence-electron chi connectivity index (χ0n) is 7.76. The van der Waals surface area contributed by atoms with Crippen LogP contribution in [0.2, 0.25) is 0 Å². The van der Waals surface area contributed by atoms with Crippen molar-refractivity contribution in [3.63, 3.8) is 0 Å². The van der Waals surface area contributed by atoms with E-state index in [2.05, 4.69) is 29.1 Å². The molecule has 0 unspecified atom stereocenters. The quantitative estimate of drug-likeness (QED) is 0.534. The highest BCUT2D eigenvalue weighted by atomic mass is 15.1. The largest absolute Gasteiger partial charge is 0.383 e. The van der Waals surface area contributed by atoms with Crippen LogP contribution in [0.25, 0.3) is 0 Å². The van der Waals surface area contributed by atoms with Gasteiger partial charge in [-0.25, -0.2) is 0 Å². The Bertz CT molecular complexity index is 358. The lowest BCUT2D eigenvalue weighted by Gasteiger charge is -2.17. The van der Waals surface area contributed by atoms with Gasteiger partial charge in [0, 0.05) is 17.5 Å². The van der Waals surface area contributed by atoms with Gasteiger partial charge in [0.1, 0.15) is 11.6 Å². The molecule has 0 aliphatic carbocycles. The number of nitrogens with zero attached hydrogens (tertiary/aromatic N) is 2. The maximum absolute atomic E-state index is 5.78. The normalized spacial score (nSPS) is 18.0. The van der Waals surface area contributed by atoms with Crippen LogP contribution < -0.4 is 16.8 Å². The van der Waals surface area contributed by atoms with Gasteiger partial charge < -0.3 is 16.8 Å². The Morgan fingerprint density at radius 3 is 2.69 bits per heavy atom. The molecule has 0 spiro atoms. The second-order valence-corrected chi connectivity index (χ2v) is 3.93. The minimum atomic E-state index is -0.00683. The molecule has 0 bridgehead atoms. The highest BCUT2D eigenvalue weighted by Crippen LogP contribution is 2.38. The number of nitrogen functional groups attached to an aromatic ring is 2. The summed E-state index contributed by atoms with van der Waals surface area (Å²) in [6.07, 6.45) is 0. The number of fused-ring (bicyclic) bond motifs is 1. The average molecular weight is 179 g/mol. The minimum Gasteiger partial charge on any atom is -0.383 e. The highest BCUT2D eigenvalue weighted by Gasteiger charge is 2.33. The van der Waals surface area contributed by atoms with Crippen LogP contribution in [0.15, 0.2) is 0 Å². The summed E-state index contributed by atoms with van der Waals surface area (Å²) in [5.41, 5.74) is 12.2.